The molecule has 6 nitrogen and oxygen atoms in total. The second-order valence-electron chi connectivity index (χ2n) is 4.74. The predicted molar refractivity (Wildman–Crippen MR) is 52.7 cm³/mol. The van der Waals surface area contributed by atoms with E-state index in [4.69, 9.17) is 4.74 Å². The summed E-state index contributed by atoms with van der Waals surface area (Å²) in [6.07, 6.45) is 4.65. The van der Waals surface area contributed by atoms with Gasteiger partial charge in [0.2, 0.25) is 0 Å². The summed E-state index contributed by atoms with van der Waals surface area (Å²) in [5.41, 5.74) is -1.36. The Kier molecular flexibility index (Phi) is 1.72. The first-order chi connectivity index (χ1) is 7.61. The minimum atomic E-state index is -0.833. The average Bonchev–Trinajstić information content (AvgIpc) is 2.73. The lowest BCUT2D eigenvalue weighted by Crippen LogP contribution is -2.64. The van der Waals surface area contributed by atoms with Gasteiger partial charge < -0.3 is 9.84 Å². The lowest BCUT2D eigenvalue weighted by atomic mass is 9.69. The monoisotopic (exact) mass is 223 g/mol. The third-order valence-electron chi connectivity index (χ3n) is 4.23. The van der Waals surface area contributed by atoms with Crippen LogP contribution in [0.1, 0.15) is 19.8 Å². The zero-order valence-electron chi connectivity index (χ0n) is 8.96. The molecular weight excluding hydrogens is 210 g/mol. The predicted octanol–water partition coefficient (Wildman–Crippen LogP) is 0.257. The Morgan fingerprint density at radius 1 is 1.69 bits per heavy atom. The van der Waals surface area contributed by atoms with E-state index in [9.17, 15) is 9.90 Å². The van der Waals surface area contributed by atoms with Crippen LogP contribution in [0, 0.1) is 5.41 Å². The minimum absolute atomic E-state index is 0.181. The van der Waals surface area contributed by atoms with Gasteiger partial charge in [0.1, 0.15) is 5.41 Å². The molecule has 1 aliphatic carbocycles. The first kappa shape index (κ1) is 9.77. The van der Waals surface area contributed by atoms with E-state index in [-0.39, 0.29) is 12.7 Å². The van der Waals surface area contributed by atoms with Crippen molar-refractivity contribution >= 4 is 5.97 Å². The molecule has 0 radical (unpaired) electrons. The molecule has 3 rings (SSSR count). The lowest BCUT2D eigenvalue weighted by molar-refractivity contribution is -0.221. The Morgan fingerprint density at radius 3 is 3.00 bits per heavy atom. The standard InChI is InChI=1S/C10H13N3O3/c1-9(13-5-4-11-12-13)3-2-7-10(9,6-16-7)8(14)15/h4-5,7H,2-3,6H2,1H3,(H,14,15). The van der Waals surface area contributed by atoms with E-state index < -0.39 is 16.9 Å². The molecular formula is C10H13N3O3. The van der Waals surface area contributed by atoms with Crippen molar-refractivity contribution in [3.05, 3.63) is 12.4 Å². The van der Waals surface area contributed by atoms with Crippen LogP contribution in [-0.4, -0.2) is 38.8 Å². The summed E-state index contributed by atoms with van der Waals surface area (Å²) < 4.78 is 7.04. The molecule has 0 aromatic carbocycles. The first-order valence-corrected chi connectivity index (χ1v) is 5.33. The van der Waals surface area contributed by atoms with Gasteiger partial charge >= 0.3 is 5.97 Å². The number of nitrogens with zero attached hydrogens (tertiary/aromatic N) is 3. The topological polar surface area (TPSA) is 77.2 Å². The fourth-order valence-electron chi connectivity index (χ4n) is 3.06. The number of carbonyl (C=O) groups is 1. The maximum atomic E-state index is 11.6. The number of aromatic nitrogens is 3. The van der Waals surface area contributed by atoms with Crippen LogP contribution >= 0.6 is 0 Å². The smallest absolute Gasteiger partial charge is 0.317 e. The number of carboxylic acids is 1. The van der Waals surface area contributed by atoms with Crippen LogP contribution < -0.4 is 0 Å². The Morgan fingerprint density at radius 2 is 2.50 bits per heavy atom. The van der Waals surface area contributed by atoms with Crippen molar-refractivity contribution in [2.75, 3.05) is 6.61 Å². The molecule has 1 N–H and O–H groups in total. The van der Waals surface area contributed by atoms with E-state index in [0.29, 0.717) is 0 Å². The SMILES string of the molecule is CC1(n2ccnn2)CCC2OCC21C(=O)O. The van der Waals surface area contributed by atoms with E-state index in [1.165, 1.54) is 0 Å². The third-order valence-corrected chi connectivity index (χ3v) is 4.23. The number of ether oxygens (including phenoxy) is 1. The molecule has 2 heterocycles. The molecule has 3 unspecified atom stereocenters. The molecule has 1 aromatic heterocycles. The van der Waals surface area contributed by atoms with Gasteiger partial charge in [-0.1, -0.05) is 5.21 Å². The zero-order chi connectivity index (χ0) is 11.4. The van der Waals surface area contributed by atoms with Crippen LogP contribution in [0.4, 0.5) is 0 Å². The van der Waals surface area contributed by atoms with E-state index in [1.807, 2.05) is 6.92 Å². The molecule has 0 spiro atoms. The quantitative estimate of drug-likeness (QED) is 0.778. The Balaban J connectivity index is 2.11. The molecule has 1 aliphatic heterocycles. The Hall–Kier alpha value is -1.43. The van der Waals surface area contributed by atoms with Gasteiger partial charge in [0, 0.05) is 6.20 Å². The molecule has 86 valence electrons. The van der Waals surface area contributed by atoms with Gasteiger partial charge in [-0.25, -0.2) is 4.68 Å². The number of carboxylic acid groups (broad SMARTS) is 1. The summed E-state index contributed by atoms with van der Waals surface area (Å²) in [6, 6.07) is 0. The number of rotatable bonds is 2. The molecule has 3 atom stereocenters. The van der Waals surface area contributed by atoms with Gasteiger partial charge in [-0.15, -0.1) is 5.10 Å². The van der Waals surface area contributed by atoms with Crippen molar-refractivity contribution in [3.63, 3.8) is 0 Å². The van der Waals surface area contributed by atoms with E-state index in [2.05, 4.69) is 10.3 Å². The second kappa shape index (κ2) is 2.82. The minimum Gasteiger partial charge on any atom is -0.481 e. The fourth-order valence-corrected chi connectivity index (χ4v) is 3.06. The van der Waals surface area contributed by atoms with E-state index in [1.54, 1.807) is 17.1 Å². The first-order valence-electron chi connectivity index (χ1n) is 5.33. The van der Waals surface area contributed by atoms with Crippen LogP contribution in [0.15, 0.2) is 12.4 Å². The molecule has 0 bridgehead atoms. The Bertz CT molecular complexity index is 433. The number of fused-ring (bicyclic) bond motifs is 1. The largest absolute Gasteiger partial charge is 0.481 e. The highest BCUT2D eigenvalue weighted by molar-refractivity contribution is 5.79. The van der Waals surface area contributed by atoms with Gasteiger partial charge in [0.15, 0.2) is 0 Å². The lowest BCUT2D eigenvalue weighted by Gasteiger charge is -2.49. The fraction of sp³-hybridized carbons (Fsp3) is 0.700. The average molecular weight is 223 g/mol. The highest BCUT2D eigenvalue weighted by Gasteiger charge is 2.70. The molecule has 2 fully saturated rings. The number of aliphatic carboxylic acids is 1. The van der Waals surface area contributed by atoms with Gasteiger partial charge in [-0.05, 0) is 19.8 Å². The van der Waals surface area contributed by atoms with Crippen molar-refractivity contribution in [3.8, 4) is 0 Å². The Labute approximate surface area is 92.2 Å². The van der Waals surface area contributed by atoms with Gasteiger partial charge in [0.25, 0.3) is 0 Å². The molecule has 16 heavy (non-hydrogen) atoms. The normalized spacial score (nSPS) is 41.4. The molecule has 0 amide bonds. The van der Waals surface area contributed by atoms with Crippen LogP contribution in [-0.2, 0) is 15.1 Å². The van der Waals surface area contributed by atoms with Crippen molar-refractivity contribution in [1.82, 2.24) is 15.0 Å². The summed E-state index contributed by atoms with van der Waals surface area (Å²) in [7, 11) is 0. The molecule has 1 saturated carbocycles. The second-order valence-corrected chi connectivity index (χ2v) is 4.74. The van der Waals surface area contributed by atoms with Crippen LogP contribution in [0.25, 0.3) is 0 Å². The zero-order valence-corrected chi connectivity index (χ0v) is 8.96. The summed E-state index contributed by atoms with van der Waals surface area (Å²) in [4.78, 5) is 11.6. The van der Waals surface area contributed by atoms with Crippen molar-refractivity contribution in [1.29, 1.82) is 0 Å². The summed E-state index contributed by atoms with van der Waals surface area (Å²) in [6.45, 7) is 2.20. The summed E-state index contributed by atoms with van der Waals surface area (Å²) in [5, 5.41) is 17.2. The van der Waals surface area contributed by atoms with E-state index in [0.717, 1.165) is 12.8 Å². The maximum Gasteiger partial charge on any atom is 0.317 e. The molecule has 2 aliphatic rings. The third kappa shape index (κ3) is 0.847. The summed E-state index contributed by atoms with van der Waals surface area (Å²) in [5.74, 6) is -0.792. The van der Waals surface area contributed by atoms with E-state index >= 15 is 0 Å². The van der Waals surface area contributed by atoms with Gasteiger partial charge in [-0.2, -0.15) is 0 Å². The van der Waals surface area contributed by atoms with Gasteiger partial charge in [-0.3, -0.25) is 4.79 Å². The highest BCUT2D eigenvalue weighted by Crippen LogP contribution is 2.57. The van der Waals surface area contributed by atoms with Crippen molar-refractivity contribution in [2.45, 2.75) is 31.4 Å². The summed E-state index contributed by atoms with van der Waals surface area (Å²) >= 11 is 0. The number of hydrogen-bond acceptors (Lipinski definition) is 4. The van der Waals surface area contributed by atoms with Crippen LogP contribution in [0.2, 0.25) is 0 Å². The van der Waals surface area contributed by atoms with Gasteiger partial charge in [0.05, 0.1) is 24.4 Å². The maximum absolute atomic E-state index is 11.6. The van der Waals surface area contributed by atoms with Crippen molar-refractivity contribution in [2.24, 2.45) is 5.41 Å². The van der Waals surface area contributed by atoms with Crippen LogP contribution in [0.5, 0.6) is 0 Å². The molecule has 6 heteroatoms. The number of hydrogen-bond donors (Lipinski definition) is 1. The van der Waals surface area contributed by atoms with Crippen LogP contribution in [0.3, 0.4) is 0 Å². The molecule has 1 saturated heterocycles. The highest BCUT2D eigenvalue weighted by atomic mass is 16.5. The molecule has 1 aromatic rings. The van der Waals surface area contributed by atoms with Crippen molar-refractivity contribution < 1.29 is 14.6 Å².